The van der Waals surface area contributed by atoms with Gasteiger partial charge in [0, 0.05) is 21.8 Å². The van der Waals surface area contributed by atoms with Gasteiger partial charge in [0.05, 0.1) is 0 Å². The number of nitrogens with two attached hydrogens (primary N) is 1. The van der Waals surface area contributed by atoms with E-state index in [2.05, 4.69) is 53.4 Å². The lowest BCUT2D eigenvalue weighted by Gasteiger charge is -2.31. The lowest BCUT2D eigenvalue weighted by Crippen LogP contribution is -2.32. The number of fused-ring (bicyclic) bond motifs is 1. The fourth-order valence-corrected chi connectivity index (χ4v) is 4.65. The van der Waals surface area contributed by atoms with Gasteiger partial charge in [-0.15, -0.1) is 11.3 Å². The number of nitrogen functional groups attached to an aromatic ring is 1. The predicted octanol–water partition coefficient (Wildman–Crippen LogP) is 4.86. The summed E-state index contributed by atoms with van der Waals surface area (Å²) in [4.78, 5) is 4.04. The number of nitrogens with zero attached hydrogens (tertiary/aromatic N) is 1. The molecule has 0 aliphatic carbocycles. The number of benzene rings is 2. The van der Waals surface area contributed by atoms with Crippen molar-refractivity contribution in [1.82, 2.24) is 4.90 Å². The summed E-state index contributed by atoms with van der Waals surface area (Å²) in [5.74, 6) is 0.731. The third-order valence-corrected chi connectivity index (χ3v) is 5.93. The van der Waals surface area contributed by atoms with Crippen molar-refractivity contribution >= 4 is 27.1 Å². The topological polar surface area (TPSA) is 29.3 Å². The lowest BCUT2D eigenvalue weighted by atomic mass is 9.89. The average molecular weight is 322 g/mol. The maximum atomic E-state index is 5.88. The number of hydrogen-bond donors (Lipinski definition) is 1. The van der Waals surface area contributed by atoms with Gasteiger partial charge >= 0.3 is 0 Å². The van der Waals surface area contributed by atoms with Crippen molar-refractivity contribution in [3.63, 3.8) is 0 Å². The first-order valence-electron chi connectivity index (χ1n) is 8.33. The Kier molecular flexibility index (Phi) is 4.06. The Morgan fingerprint density at radius 3 is 2.57 bits per heavy atom. The molecule has 0 bridgehead atoms. The Hall–Kier alpha value is -1.84. The zero-order valence-corrected chi connectivity index (χ0v) is 14.1. The van der Waals surface area contributed by atoms with Gasteiger partial charge in [-0.2, -0.15) is 0 Å². The summed E-state index contributed by atoms with van der Waals surface area (Å²) in [6.45, 7) is 3.45. The first kappa shape index (κ1) is 14.7. The third-order valence-electron chi connectivity index (χ3n) is 4.83. The van der Waals surface area contributed by atoms with Gasteiger partial charge in [-0.25, -0.2) is 0 Å². The minimum absolute atomic E-state index is 0.731. The van der Waals surface area contributed by atoms with E-state index in [1.54, 1.807) is 0 Å². The van der Waals surface area contributed by atoms with E-state index in [9.17, 15) is 0 Å². The van der Waals surface area contributed by atoms with Crippen molar-refractivity contribution in [3.05, 3.63) is 65.0 Å². The zero-order chi connectivity index (χ0) is 15.6. The lowest BCUT2D eigenvalue weighted by molar-refractivity contribution is 0.206. The minimum Gasteiger partial charge on any atom is -0.399 e. The van der Waals surface area contributed by atoms with E-state index in [0.29, 0.717) is 0 Å². The van der Waals surface area contributed by atoms with Crippen molar-refractivity contribution in [1.29, 1.82) is 0 Å². The molecule has 0 unspecified atom stereocenters. The maximum absolute atomic E-state index is 5.88. The number of hydrogen-bond acceptors (Lipinski definition) is 3. The Balaban J connectivity index is 1.40. The van der Waals surface area contributed by atoms with Crippen molar-refractivity contribution in [2.75, 3.05) is 18.8 Å². The largest absolute Gasteiger partial charge is 0.399 e. The van der Waals surface area contributed by atoms with Gasteiger partial charge in [-0.1, -0.05) is 30.3 Å². The standard InChI is InChI=1S/C20H22N2S/c21-18-6-7-20-17(12-18)13-19(23-20)14-22-10-8-16(9-11-22)15-4-2-1-3-5-15/h1-7,12-13,16H,8-11,14,21H2. The van der Waals surface area contributed by atoms with E-state index in [1.165, 1.54) is 46.5 Å². The fraction of sp³-hybridized carbons (Fsp3) is 0.300. The van der Waals surface area contributed by atoms with Gasteiger partial charge in [0.15, 0.2) is 0 Å². The van der Waals surface area contributed by atoms with Crippen molar-refractivity contribution in [2.45, 2.75) is 25.3 Å². The summed E-state index contributed by atoms with van der Waals surface area (Å²) in [7, 11) is 0. The van der Waals surface area contributed by atoms with Crippen LogP contribution in [0.3, 0.4) is 0 Å². The van der Waals surface area contributed by atoms with Crippen LogP contribution in [0.4, 0.5) is 5.69 Å². The molecule has 118 valence electrons. The van der Waals surface area contributed by atoms with Crippen LogP contribution in [0.25, 0.3) is 10.1 Å². The molecule has 1 aromatic heterocycles. The molecule has 1 aliphatic heterocycles. The highest BCUT2D eigenvalue weighted by Gasteiger charge is 2.20. The molecule has 2 aromatic carbocycles. The van der Waals surface area contributed by atoms with Crippen LogP contribution in [0, 0.1) is 0 Å². The molecule has 0 atom stereocenters. The molecule has 23 heavy (non-hydrogen) atoms. The minimum atomic E-state index is 0.731. The Bertz CT molecular complexity index is 786. The molecule has 0 amide bonds. The van der Waals surface area contributed by atoms with Crippen LogP contribution in [0.15, 0.2) is 54.6 Å². The predicted molar refractivity (Wildman–Crippen MR) is 99.9 cm³/mol. The normalized spacial score (nSPS) is 16.9. The summed E-state index contributed by atoms with van der Waals surface area (Å²) in [6.07, 6.45) is 2.53. The molecule has 2 N–H and O–H groups in total. The third kappa shape index (κ3) is 3.26. The second-order valence-corrected chi connectivity index (χ2v) is 7.64. The van der Waals surface area contributed by atoms with Crippen molar-refractivity contribution in [3.8, 4) is 0 Å². The SMILES string of the molecule is Nc1ccc2sc(CN3CCC(c4ccccc4)CC3)cc2c1. The van der Waals surface area contributed by atoms with Crippen LogP contribution in [0.1, 0.15) is 29.2 Å². The van der Waals surface area contributed by atoms with Gasteiger partial charge in [-0.05, 0) is 67.1 Å². The number of rotatable bonds is 3. The average Bonchev–Trinajstić information content (AvgIpc) is 2.97. The van der Waals surface area contributed by atoms with E-state index in [4.69, 9.17) is 5.73 Å². The Labute approximate surface area is 141 Å². The smallest absolute Gasteiger partial charge is 0.0347 e. The number of anilines is 1. The molecule has 3 heteroatoms. The molecule has 0 radical (unpaired) electrons. The van der Waals surface area contributed by atoms with Crippen LogP contribution < -0.4 is 5.73 Å². The van der Waals surface area contributed by atoms with E-state index < -0.39 is 0 Å². The Morgan fingerprint density at radius 1 is 1.00 bits per heavy atom. The Morgan fingerprint density at radius 2 is 1.78 bits per heavy atom. The molecule has 2 nitrogen and oxygen atoms in total. The highest BCUT2D eigenvalue weighted by molar-refractivity contribution is 7.19. The summed E-state index contributed by atoms with van der Waals surface area (Å²) in [5.41, 5.74) is 8.24. The van der Waals surface area contributed by atoms with Gasteiger partial charge in [0.25, 0.3) is 0 Å². The highest BCUT2D eigenvalue weighted by atomic mass is 32.1. The maximum Gasteiger partial charge on any atom is 0.0347 e. The summed E-state index contributed by atoms with van der Waals surface area (Å²) in [6, 6.07) is 19.5. The second kappa shape index (κ2) is 6.34. The molecule has 3 aromatic rings. The number of piperidine rings is 1. The summed E-state index contributed by atoms with van der Waals surface area (Å²) >= 11 is 1.90. The van der Waals surface area contributed by atoms with E-state index in [1.807, 2.05) is 17.4 Å². The molecular weight excluding hydrogens is 300 g/mol. The zero-order valence-electron chi connectivity index (χ0n) is 13.2. The quantitative estimate of drug-likeness (QED) is 0.698. The van der Waals surface area contributed by atoms with Crippen LogP contribution in [0.5, 0.6) is 0 Å². The first-order valence-corrected chi connectivity index (χ1v) is 9.15. The second-order valence-electron chi connectivity index (χ2n) is 6.47. The molecule has 0 spiro atoms. The fourth-order valence-electron chi connectivity index (χ4n) is 3.56. The first-order chi connectivity index (χ1) is 11.3. The molecule has 0 saturated carbocycles. The van der Waals surface area contributed by atoms with Crippen LogP contribution in [-0.4, -0.2) is 18.0 Å². The van der Waals surface area contributed by atoms with Crippen LogP contribution in [-0.2, 0) is 6.54 Å². The van der Waals surface area contributed by atoms with Gasteiger partial charge < -0.3 is 5.73 Å². The van der Waals surface area contributed by atoms with Gasteiger partial charge in [0.1, 0.15) is 0 Å². The summed E-state index contributed by atoms with van der Waals surface area (Å²) < 4.78 is 1.34. The van der Waals surface area contributed by atoms with Crippen LogP contribution >= 0.6 is 11.3 Å². The van der Waals surface area contributed by atoms with Gasteiger partial charge in [-0.3, -0.25) is 4.90 Å². The van der Waals surface area contributed by atoms with E-state index >= 15 is 0 Å². The van der Waals surface area contributed by atoms with Crippen molar-refractivity contribution in [2.24, 2.45) is 0 Å². The number of likely N-dealkylation sites (tertiary alicyclic amines) is 1. The number of thiophene rings is 1. The van der Waals surface area contributed by atoms with E-state index in [-0.39, 0.29) is 0 Å². The molecule has 1 fully saturated rings. The molecule has 1 aliphatic rings. The highest BCUT2D eigenvalue weighted by Crippen LogP contribution is 2.31. The van der Waals surface area contributed by atoms with E-state index in [0.717, 1.165) is 18.2 Å². The molecule has 4 rings (SSSR count). The van der Waals surface area contributed by atoms with Gasteiger partial charge in [0.2, 0.25) is 0 Å². The molecule has 2 heterocycles. The molecular formula is C20H22N2S. The molecule has 1 saturated heterocycles. The monoisotopic (exact) mass is 322 g/mol. The summed E-state index contributed by atoms with van der Waals surface area (Å²) in [5, 5.41) is 1.28. The van der Waals surface area contributed by atoms with Crippen LogP contribution in [0.2, 0.25) is 0 Å². The van der Waals surface area contributed by atoms with Crippen molar-refractivity contribution < 1.29 is 0 Å².